The predicted octanol–water partition coefficient (Wildman–Crippen LogP) is 2.02. The Morgan fingerprint density at radius 2 is 1.94 bits per heavy atom. The first-order valence-corrected chi connectivity index (χ1v) is 6.80. The average molecular weight is 276 g/mol. The molecule has 6 heteroatoms. The Kier molecular flexibility index (Phi) is 5.40. The Balaban J connectivity index is 2.68. The Labute approximate surface area is 107 Å². The van der Waals surface area contributed by atoms with Gasteiger partial charge >= 0.3 is 5.97 Å². The zero-order valence-corrected chi connectivity index (χ0v) is 10.9. The van der Waals surface area contributed by atoms with E-state index in [9.17, 15) is 17.8 Å². The molecule has 2 atom stereocenters. The summed E-state index contributed by atoms with van der Waals surface area (Å²) in [6, 6.07) is 3.47. The summed E-state index contributed by atoms with van der Waals surface area (Å²) in [6.07, 6.45) is 0. The molecule has 2 unspecified atom stereocenters. The highest BCUT2D eigenvalue weighted by Gasteiger charge is 2.19. The molecule has 0 aliphatic rings. The van der Waals surface area contributed by atoms with E-state index in [1.165, 1.54) is 13.2 Å². The molecule has 0 aliphatic heterocycles. The Morgan fingerprint density at radius 1 is 1.39 bits per heavy atom. The second kappa shape index (κ2) is 6.58. The van der Waals surface area contributed by atoms with Crippen LogP contribution in [0.25, 0.3) is 0 Å². The fourth-order valence-corrected chi connectivity index (χ4v) is 2.85. The number of methoxy groups -OCH3 is 1. The lowest BCUT2D eigenvalue weighted by atomic mass is 10.2. The molecule has 0 saturated carbocycles. The van der Waals surface area contributed by atoms with Crippen molar-refractivity contribution in [1.29, 1.82) is 0 Å². The highest BCUT2D eigenvalue weighted by molar-refractivity contribution is 7.84. The number of hydrogen-bond acceptors (Lipinski definition) is 3. The van der Waals surface area contributed by atoms with Gasteiger partial charge in [-0.15, -0.1) is 0 Å². The van der Waals surface area contributed by atoms with Gasteiger partial charge in [-0.1, -0.05) is 13.0 Å². The van der Waals surface area contributed by atoms with Crippen molar-refractivity contribution in [2.75, 3.05) is 12.9 Å². The summed E-state index contributed by atoms with van der Waals surface area (Å²) >= 11 is 0. The molecular weight excluding hydrogens is 262 g/mol. The molecule has 0 aromatic heterocycles. The van der Waals surface area contributed by atoms with Gasteiger partial charge in [0.25, 0.3) is 0 Å². The van der Waals surface area contributed by atoms with Gasteiger partial charge in [-0.05, 0) is 12.1 Å². The van der Waals surface area contributed by atoms with Crippen molar-refractivity contribution in [3.8, 4) is 0 Å². The third kappa shape index (κ3) is 3.87. The smallest absolute Gasteiger partial charge is 0.309 e. The summed E-state index contributed by atoms with van der Waals surface area (Å²) < 4.78 is 42.8. The Hall–Kier alpha value is -1.30. The van der Waals surface area contributed by atoms with E-state index in [0.717, 1.165) is 12.1 Å². The van der Waals surface area contributed by atoms with E-state index in [1.807, 2.05) is 0 Å². The van der Waals surface area contributed by atoms with Crippen LogP contribution in [0.1, 0.15) is 12.5 Å². The van der Waals surface area contributed by atoms with Gasteiger partial charge in [0.2, 0.25) is 0 Å². The van der Waals surface area contributed by atoms with Gasteiger partial charge in [0.15, 0.2) is 0 Å². The molecule has 0 spiro atoms. The fourth-order valence-electron chi connectivity index (χ4n) is 1.44. The average Bonchev–Trinajstić information content (AvgIpc) is 2.32. The number of carbonyl (C=O) groups is 1. The van der Waals surface area contributed by atoms with Crippen molar-refractivity contribution < 1.29 is 22.5 Å². The van der Waals surface area contributed by atoms with E-state index in [-0.39, 0.29) is 17.1 Å². The minimum absolute atomic E-state index is 0.0143. The molecule has 0 bridgehead atoms. The number of carbonyl (C=O) groups excluding carboxylic acids is 1. The summed E-state index contributed by atoms with van der Waals surface area (Å²) in [4.78, 5) is 11.1. The lowest BCUT2D eigenvalue weighted by molar-refractivity contribution is -0.144. The molecule has 18 heavy (non-hydrogen) atoms. The minimum Gasteiger partial charge on any atom is -0.469 e. The van der Waals surface area contributed by atoms with E-state index in [1.54, 1.807) is 6.92 Å². The van der Waals surface area contributed by atoms with Crippen molar-refractivity contribution >= 4 is 16.8 Å². The van der Waals surface area contributed by atoms with Crippen molar-refractivity contribution in [3.63, 3.8) is 0 Å². The second-order valence-corrected chi connectivity index (χ2v) is 5.38. The van der Waals surface area contributed by atoms with E-state index in [2.05, 4.69) is 4.74 Å². The summed E-state index contributed by atoms with van der Waals surface area (Å²) in [5, 5.41) is 0. The zero-order valence-electron chi connectivity index (χ0n) is 10.1. The van der Waals surface area contributed by atoms with Gasteiger partial charge in [0.05, 0.1) is 18.8 Å². The van der Waals surface area contributed by atoms with Crippen molar-refractivity contribution in [2.45, 2.75) is 12.7 Å². The maximum absolute atomic E-state index is 13.3. The SMILES string of the molecule is COC(=O)C(C)CS(=O)Cc1c(F)cccc1F. The zero-order chi connectivity index (χ0) is 13.7. The topological polar surface area (TPSA) is 43.4 Å². The molecule has 0 fully saturated rings. The van der Waals surface area contributed by atoms with Gasteiger partial charge in [-0.3, -0.25) is 9.00 Å². The van der Waals surface area contributed by atoms with Crippen LogP contribution in [0.3, 0.4) is 0 Å². The highest BCUT2D eigenvalue weighted by Crippen LogP contribution is 2.15. The number of halogens is 2. The summed E-state index contributed by atoms with van der Waals surface area (Å²) in [6.45, 7) is 1.56. The second-order valence-electron chi connectivity index (χ2n) is 3.88. The van der Waals surface area contributed by atoms with E-state index >= 15 is 0 Å². The molecule has 0 saturated heterocycles. The first-order chi connectivity index (χ1) is 8.45. The molecule has 1 aromatic carbocycles. The Bertz CT molecular complexity index is 442. The third-order valence-electron chi connectivity index (χ3n) is 2.41. The number of ether oxygens (including phenoxy) is 1. The first kappa shape index (κ1) is 14.8. The van der Waals surface area contributed by atoms with Crippen LogP contribution in [0, 0.1) is 17.6 Å². The lowest BCUT2D eigenvalue weighted by Gasteiger charge is -2.09. The molecule has 100 valence electrons. The molecule has 0 heterocycles. The van der Waals surface area contributed by atoms with E-state index < -0.39 is 34.3 Å². The first-order valence-electron chi connectivity index (χ1n) is 5.31. The predicted molar refractivity (Wildman–Crippen MR) is 64.3 cm³/mol. The molecular formula is C12H14F2O3S. The lowest BCUT2D eigenvalue weighted by Crippen LogP contribution is -2.20. The minimum atomic E-state index is -1.52. The van der Waals surface area contributed by atoms with E-state index in [4.69, 9.17) is 0 Å². The van der Waals surface area contributed by atoms with Gasteiger partial charge in [-0.2, -0.15) is 0 Å². The van der Waals surface area contributed by atoms with Crippen molar-refractivity contribution in [3.05, 3.63) is 35.4 Å². The van der Waals surface area contributed by atoms with Crippen LogP contribution < -0.4 is 0 Å². The van der Waals surface area contributed by atoms with Crippen LogP contribution >= 0.6 is 0 Å². The normalized spacial score (nSPS) is 14.0. The molecule has 0 radical (unpaired) electrons. The summed E-state index contributed by atoms with van der Waals surface area (Å²) in [7, 11) is -0.290. The van der Waals surface area contributed by atoms with Crippen molar-refractivity contribution in [2.24, 2.45) is 5.92 Å². The molecule has 3 nitrogen and oxygen atoms in total. The maximum Gasteiger partial charge on any atom is 0.309 e. The molecule has 0 N–H and O–H groups in total. The van der Waals surface area contributed by atoms with Gasteiger partial charge in [0.1, 0.15) is 11.6 Å². The number of benzene rings is 1. The Morgan fingerprint density at radius 3 is 2.44 bits per heavy atom. The number of hydrogen-bond donors (Lipinski definition) is 0. The summed E-state index contributed by atoms with van der Waals surface area (Å²) in [5.41, 5.74) is -0.215. The standard InChI is InChI=1S/C12H14F2O3S/c1-8(12(15)17-2)6-18(16)7-9-10(13)4-3-5-11(9)14/h3-5,8H,6-7H2,1-2H3. The molecule has 0 aliphatic carbocycles. The van der Waals surface area contributed by atoms with Crippen LogP contribution in [0.5, 0.6) is 0 Å². The van der Waals surface area contributed by atoms with Gasteiger partial charge < -0.3 is 4.74 Å². The van der Waals surface area contributed by atoms with Crippen LogP contribution in [-0.4, -0.2) is 23.0 Å². The van der Waals surface area contributed by atoms with Crippen molar-refractivity contribution in [1.82, 2.24) is 0 Å². The van der Waals surface area contributed by atoms with Gasteiger partial charge in [-0.25, -0.2) is 8.78 Å². The largest absolute Gasteiger partial charge is 0.469 e. The molecule has 1 rings (SSSR count). The fraction of sp³-hybridized carbons (Fsp3) is 0.417. The van der Waals surface area contributed by atoms with Crippen LogP contribution in [0.4, 0.5) is 8.78 Å². The number of rotatable bonds is 5. The van der Waals surface area contributed by atoms with Gasteiger partial charge in [0, 0.05) is 22.1 Å². The quantitative estimate of drug-likeness (QED) is 0.773. The van der Waals surface area contributed by atoms with Crippen LogP contribution in [0.2, 0.25) is 0 Å². The van der Waals surface area contributed by atoms with Crippen LogP contribution in [-0.2, 0) is 26.1 Å². The number of esters is 1. The van der Waals surface area contributed by atoms with E-state index in [0.29, 0.717) is 0 Å². The monoisotopic (exact) mass is 276 g/mol. The molecule has 1 aromatic rings. The summed E-state index contributed by atoms with van der Waals surface area (Å²) in [5.74, 6) is -2.74. The highest BCUT2D eigenvalue weighted by atomic mass is 32.2. The maximum atomic E-state index is 13.3. The van der Waals surface area contributed by atoms with Crippen LogP contribution in [0.15, 0.2) is 18.2 Å². The molecule has 0 amide bonds. The third-order valence-corrected chi connectivity index (χ3v) is 3.89.